The first-order chi connectivity index (χ1) is 16.7. The Morgan fingerprint density at radius 3 is 2.31 bits per heavy atom. The van der Waals surface area contributed by atoms with E-state index in [-0.39, 0.29) is 18.5 Å². The second-order valence-corrected chi connectivity index (χ2v) is 10.5. The molecule has 4 aromatic rings. The number of sulfonamides is 1. The fraction of sp³-hybridized carbons (Fsp3) is 0.308. The number of aliphatic hydroxyl groups is 1. The van der Waals surface area contributed by atoms with Crippen LogP contribution in [-0.4, -0.2) is 50.6 Å². The summed E-state index contributed by atoms with van der Waals surface area (Å²) < 4.78 is 36.9. The molecule has 0 aliphatic carbocycles. The van der Waals surface area contributed by atoms with E-state index >= 15 is 0 Å². The van der Waals surface area contributed by atoms with Crippen LogP contribution in [0.4, 0.5) is 5.69 Å². The lowest BCUT2D eigenvalue weighted by Crippen LogP contribution is -2.26. The van der Waals surface area contributed by atoms with Crippen LogP contribution in [0.15, 0.2) is 60.7 Å². The van der Waals surface area contributed by atoms with Gasteiger partial charge in [-0.15, -0.1) is 12.4 Å². The van der Waals surface area contributed by atoms with E-state index in [2.05, 4.69) is 21.1 Å². The van der Waals surface area contributed by atoms with Gasteiger partial charge in [-0.1, -0.05) is 12.1 Å². The molecular formula is C26H32ClN3O5S. The largest absolute Gasteiger partial charge is 0.492 e. The number of hydrogen-bond donors (Lipinski definition) is 4. The highest BCUT2D eigenvalue weighted by Gasteiger charge is 2.10. The van der Waals surface area contributed by atoms with Crippen molar-refractivity contribution in [3.63, 3.8) is 0 Å². The van der Waals surface area contributed by atoms with Gasteiger partial charge in [-0.25, -0.2) is 8.42 Å². The maximum absolute atomic E-state index is 11.4. The van der Waals surface area contributed by atoms with Crippen molar-refractivity contribution in [3.05, 3.63) is 66.2 Å². The van der Waals surface area contributed by atoms with Crippen LogP contribution in [0.3, 0.4) is 0 Å². The van der Waals surface area contributed by atoms with E-state index in [4.69, 9.17) is 9.47 Å². The van der Waals surface area contributed by atoms with E-state index in [9.17, 15) is 13.5 Å². The Morgan fingerprint density at radius 2 is 1.64 bits per heavy atom. The van der Waals surface area contributed by atoms with Crippen molar-refractivity contribution in [2.24, 2.45) is 0 Å². The van der Waals surface area contributed by atoms with Crippen molar-refractivity contribution in [2.75, 3.05) is 30.7 Å². The van der Waals surface area contributed by atoms with E-state index in [1.165, 1.54) is 0 Å². The van der Waals surface area contributed by atoms with E-state index < -0.39 is 16.1 Å². The highest BCUT2D eigenvalue weighted by Crippen LogP contribution is 2.31. The van der Waals surface area contributed by atoms with Gasteiger partial charge in [0.15, 0.2) is 0 Å². The molecule has 8 nitrogen and oxygen atoms in total. The summed E-state index contributed by atoms with van der Waals surface area (Å²) in [5.74, 6) is 1.59. The SMILES string of the molecule is CC(C)Oc1ccc2c(c1)[nH]c1cc(OCCNCC(O)c3cccc(NS(C)(=O)=O)c3)ccc12.Cl. The second-order valence-electron chi connectivity index (χ2n) is 8.77. The molecule has 0 spiro atoms. The number of H-pyrrole nitrogens is 1. The topological polar surface area (TPSA) is 113 Å². The average Bonchev–Trinajstić information content (AvgIpc) is 3.14. The van der Waals surface area contributed by atoms with Crippen LogP contribution < -0.4 is 19.5 Å². The third kappa shape index (κ3) is 7.27. The molecule has 194 valence electrons. The Balaban J connectivity index is 0.00000361. The third-order valence-corrected chi connectivity index (χ3v) is 5.98. The molecule has 10 heteroatoms. The lowest BCUT2D eigenvalue weighted by molar-refractivity contribution is 0.172. The van der Waals surface area contributed by atoms with Gasteiger partial charge < -0.3 is 24.9 Å². The van der Waals surface area contributed by atoms with E-state index in [1.54, 1.807) is 24.3 Å². The van der Waals surface area contributed by atoms with Crippen molar-refractivity contribution < 1.29 is 23.0 Å². The van der Waals surface area contributed by atoms with Crippen molar-refractivity contribution in [3.8, 4) is 11.5 Å². The smallest absolute Gasteiger partial charge is 0.229 e. The minimum absolute atomic E-state index is 0. The van der Waals surface area contributed by atoms with Crippen molar-refractivity contribution in [2.45, 2.75) is 26.1 Å². The Kier molecular flexibility index (Phi) is 9.08. The summed E-state index contributed by atoms with van der Waals surface area (Å²) in [4.78, 5) is 3.43. The predicted octanol–water partition coefficient (Wildman–Crippen LogP) is 4.60. The first-order valence-corrected chi connectivity index (χ1v) is 13.4. The van der Waals surface area contributed by atoms with Gasteiger partial charge in [0, 0.05) is 41.7 Å². The average molecular weight is 534 g/mol. The zero-order valence-corrected chi connectivity index (χ0v) is 22.1. The molecule has 0 aliphatic rings. The van der Waals surface area contributed by atoms with E-state index in [1.807, 2.05) is 44.2 Å². The van der Waals surface area contributed by atoms with Gasteiger partial charge in [-0.2, -0.15) is 0 Å². The molecular weight excluding hydrogens is 502 g/mol. The molecule has 3 aromatic carbocycles. The number of rotatable bonds is 11. The Morgan fingerprint density at radius 1 is 0.972 bits per heavy atom. The van der Waals surface area contributed by atoms with Gasteiger partial charge in [0.05, 0.1) is 29.5 Å². The zero-order valence-electron chi connectivity index (χ0n) is 20.4. The molecule has 36 heavy (non-hydrogen) atoms. The van der Waals surface area contributed by atoms with Gasteiger partial charge in [-0.05, 0) is 55.8 Å². The quantitative estimate of drug-likeness (QED) is 0.210. The summed E-state index contributed by atoms with van der Waals surface area (Å²) in [6.45, 7) is 5.30. The van der Waals surface area contributed by atoms with Crippen LogP contribution in [-0.2, 0) is 10.0 Å². The summed E-state index contributed by atoms with van der Waals surface area (Å²) in [7, 11) is -3.37. The molecule has 0 fully saturated rings. The number of anilines is 1. The first-order valence-electron chi connectivity index (χ1n) is 11.5. The number of nitrogens with one attached hydrogen (secondary N) is 3. The molecule has 0 saturated heterocycles. The molecule has 4 N–H and O–H groups in total. The summed E-state index contributed by atoms with van der Waals surface area (Å²) in [6, 6.07) is 18.7. The second kappa shape index (κ2) is 11.8. The minimum Gasteiger partial charge on any atom is -0.492 e. The molecule has 4 rings (SSSR count). The van der Waals surface area contributed by atoms with Crippen LogP contribution in [0, 0.1) is 0 Å². The first kappa shape index (κ1) is 27.6. The predicted molar refractivity (Wildman–Crippen MR) is 147 cm³/mol. The van der Waals surface area contributed by atoms with Crippen LogP contribution >= 0.6 is 12.4 Å². The molecule has 1 atom stereocenters. The number of benzene rings is 3. The van der Waals surface area contributed by atoms with Crippen LogP contribution in [0.1, 0.15) is 25.5 Å². The Hall–Kier alpha value is -2.98. The number of hydrogen-bond acceptors (Lipinski definition) is 6. The number of ether oxygens (including phenoxy) is 2. The Labute approximate surface area is 217 Å². The van der Waals surface area contributed by atoms with Crippen LogP contribution in [0.5, 0.6) is 11.5 Å². The minimum atomic E-state index is -3.37. The monoisotopic (exact) mass is 533 g/mol. The summed E-state index contributed by atoms with van der Waals surface area (Å²) in [5, 5.41) is 15.8. The maximum atomic E-state index is 11.4. The standard InChI is InChI=1S/C26H31N3O5S.ClH/c1-17(2)34-21-8-10-23-22-9-7-20(14-24(22)28-25(23)15-21)33-12-11-27-16-26(30)18-5-4-6-19(13-18)29-35(3,31)32;/h4-10,13-15,17,26-30H,11-12,16H2,1-3H3;1H. The van der Waals surface area contributed by atoms with Gasteiger partial charge in [0.1, 0.15) is 18.1 Å². The van der Waals surface area contributed by atoms with Gasteiger partial charge in [0.2, 0.25) is 10.0 Å². The Bertz CT molecular complexity index is 1420. The number of fused-ring (bicyclic) bond motifs is 3. The van der Waals surface area contributed by atoms with E-state index in [0.29, 0.717) is 30.9 Å². The van der Waals surface area contributed by atoms with Gasteiger partial charge in [-0.3, -0.25) is 4.72 Å². The molecule has 0 bridgehead atoms. The summed E-state index contributed by atoms with van der Waals surface area (Å²) in [5.41, 5.74) is 3.05. The van der Waals surface area contributed by atoms with Crippen molar-refractivity contribution in [1.29, 1.82) is 0 Å². The highest BCUT2D eigenvalue weighted by atomic mass is 35.5. The van der Waals surface area contributed by atoms with E-state index in [0.717, 1.165) is 39.6 Å². The molecule has 0 amide bonds. The van der Waals surface area contributed by atoms with Gasteiger partial charge >= 0.3 is 0 Å². The fourth-order valence-corrected chi connectivity index (χ4v) is 4.48. The third-order valence-electron chi connectivity index (χ3n) is 5.37. The maximum Gasteiger partial charge on any atom is 0.229 e. The normalized spacial score (nSPS) is 12.5. The van der Waals surface area contributed by atoms with Crippen molar-refractivity contribution >= 4 is 49.9 Å². The molecule has 1 aromatic heterocycles. The number of aromatic nitrogens is 1. The summed E-state index contributed by atoms with van der Waals surface area (Å²) >= 11 is 0. The molecule has 0 saturated carbocycles. The lowest BCUT2D eigenvalue weighted by Gasteiger charge is -2.14. The fourth-order valence-electron chi connectivity index (χ4n) is 3.92. The molecule has 0 radical (unpaired) electrons. The highest BCUT2D eigenvalue weighted by molar-refractivity contribution is 7.92. The number of aliphatic hydroxyl groups excluding tert-OH is 1. The molecule has 1 heterocycles. The molecule has 1 unspecified atom stereocenters. The van der Waals surface area contributed by atoms with Crippen LogP contribution in [0.25, 0.3) is 21.8 Å². The van der Waals surface area contributed by atoms with Crippen LogP contribution in [0.2, 0.25) is 0 Å². The van der Waals surface area contributed by atoms with Gasteiger partial charge in [0.25, 0.3) is 0 Å². The number of aromatic amines is 1. The summed E-state index contributed by atoms with van der Waals surface area (Å²) in [6.07, 6.45) is 0.434. The van der Waals surface area contributed by atoms with Crippen molar-refractivity contribution in [1.82, 2.24) is 10.3 Å². The number of halogens is 1. The molecule has 0 aliphatic heterocycles. The zero-order chi connectivity index (χ0) is 25.0. The lowest BCUT2D eigenvalue weighted by atomic mass is 10.1.